The van der Waals surface area contributed by atoms with Crippen LogP contribution in [0.25, 0.3) is 6.08 Å². The smallest absolute Gasteiger partial charge is 0.265 e. The molecule has 0 unspecified atom stereocenters. The maximum atomic E-state index is 13.3. The van der Waals surface area contributed by atoms with Crippen molar-refractivity contribution in [3.63, 3.8) is 0 Å². The number of nitrogens with one attached hydrogen (secondary N) is 1. The quantitative estimate of drug-likeness (QED) is 0.335. The van der Waals surface area contributed by atoms with Gasteiger partial charge in [-0.2, -0.15) is 0 Å². The summed E-state index contributed by atoms with van der Waals surface area (Å²) in [6, 6.07) is 25.1. The van der Waals surface area contributed by atoms with Crippen molar-refractivity contribution in [2.45, 2.75) is 11.3 Å². The summed E-state index contributed by atoms with van der Waals surface area (Å²) in [5, 5.41) is 3.57. The van der Waals surface area contributed by atoms with Crippen LogP contribution in [-0.2, 0) is 9.59 Å². The van der Waals surface area contributed by atoms with Crippen LogP contribution in [0.1, 0.15) is 12.0 Å². The number of carbonyl (C=O) groups is 2. The number of anilines is 2. The van der Waals surface area contributed by atoms with Crippen molar-refractivity contribution >= 4 is 52.6 Å². The fourth-order valence-corrected chi connectivity index (χ4v) is 4.98. The summed E-state index contributed by atoms with van der Waals surface area (Å²) in [7, 11) is 2.03. The second kappa shape index (κ2) is 11.3. The molecule has 4 rings (SSSR count). The molecule has 0 saturated carbocycles. The van der Waals surface area contributed by atoms with Crippen LogP contribution in [-0.4, -0.2) is 38.5 Å². The van der Waals surface area contributed by atoms with Crippen molar-refractivity contribution in [1.29, 1.82) is 0 Å². The number of carbonyl (C=O) groups excluding carboxylic acids is 2. The normalized spacial score (nSPS) is 14.1. The third kappa shape index (κ3) is 6.01. The summed E-state index contributed by atoms with van der Waals surface area (Å²) in [4.78, 5) is 31.2. The molecule has 0 atom stereocenters. The highest BCUT2D eigenvalue weighted by molar-refractivity contribution is 8.04. The van der Waals surface area contributed by atoms with Gasteiger partial charge in [-0.15, -0.1) is 0 Å². The number of amides is 2. The van der Waals surface area contributed by atoms with Crippen molar-refractivity contribution in [2.24, 2.45) is 0 Å². The van der Waals surface area contributed by atoms with Crippen molar-refractivity contribution in [2.75, 3.05) is 36.5 Å². The third-order valence-electron chi connectivity index (χ3n) is 5.47. The molecule has 7 heteroatoms. The Bertz CT molecular complexity index is 1200. The molecule has 1 N–H and O–H groups in total. The lowest BCUT2D eigenvalue weighted by atomic mass is 10.2. The Labute approximate surface area is 209 Å². The van der Waals surface area contributed by atoms with Gasteiger partial charge in [-0.25, -0.2) is 0 Å². The van der Waals surface area contributed by atoms with Crippen molar-refractivity contribution in [3.05, 3.63) is 94.4 Å². The summed E-state index contributed by atoms with van der Waals surface area (Å²) in [5.74, 6) is -0.373. The Morgan fingerprint density at radius 3 is 2.62 bits per heavy atom. The second-order valence-electron chi connectivity index (χ2n) is 7.99. The highest BCUT2D eigenvalue weighted by atomic mass is 35.5. The van der Waals surface area contributed by atoms with E-state index in [4.69, 9.17) is 11.6 Å². The molecule has 3 aromatic rings. The highest BCUT2D eigenvalue weighted by Gasteiger charge is 2.30. The molecule has 0 bridgehead atoms. The number of para-hydroxylation sites is 2. The number of thioether (sulfide) groups is 1. The van der Waals surface area contributed by atoms with Crippen molar-refractivity contribution < 1.29 is 9.59 Å². The largest absolute Gasteiger partial charge is 0.375 e. The summed E-state index contributed by atoms with van der Waals surface area (Å²) in [6.45, 7) is 1.33. The van der Waals surface area contributed by atoms with Gasteiger partial charge in [0.2, 0.25) is 5.91 Å². The van der Waals surface area contributed by atoms with E-state index < -0.39 is 0 Å². The molecule has 1 aliphatic heterocycles. The molecule has 0 aromatic heterocycles. The maximum Gasteiger partial charge on any atom is 0.265 e. The SMILES string of the molecule is CN(CCCNC(=O)CN1C(=O)/C(=C/c2cccc(Cl)c2)Sc2ccccc21)c1ccccc1. The number of rotatable bonds is 8. The average molecular weight is 492 g/mol. The first-order chi connectivity index (χ1) is 16.5. The molecule has 1 heterocycles. The lowest BCUT2D eigenvalue weighted by Gasteiger charge is -2.30. The van der Waals surface area contributed by atoms with Crippen LogP contribution in [0.5, 0.6) is 0 Å². The minimum Gasteiger partial charge on any atom is -0.375 e. The van der Waals surface area contributed by atoms with Crippen LogP contribution in [0.2, 0.25) is 5.02 Å². The lowest BCUT2D eigenvalue weighted by Crippen LogP contribution is -2.43. The van der Waals surface area contributed by atoms with Crippen molar-refractivity contribution in [1.82, 2.24) is 5.32 Å². The van der Waals surface area contributed by atoms with E-state index in [1.807, 2.05) is 73.8 Å². The molecule has 2 amide bonds. The van der Waals surface area contributed by atoms with E-state index in [0.717, 1.165) is 34.8 Å². The number of hydrogen-bond donors (Lipinski definition) is 1. The van der Waals surface area contributed by atoms with E-state index in [-0.39, 0.29) is 18.4 Å². The lowest BCUT2D eigenvalue weighted by molar-refractivity contribution is -0.122. The highest BCUT2D eigenvalue weighted by Crippen LogP contribution is 2.42. The zero-order chi connectivity index (χ0) is 23.9. The Kier molecular flexibility index (Phi) is 7.93. The maximum absolute atomic E-state index is 13.3. The molecule has 0 aliphatic carbocycles. The Morgan fingerprint density at radius 2 is 1.82 bits per heavy atom. The Balaban J connectivity index is 1.39. The number of benzene rings is 3. The first kappa shape index (κ1) is 23.9. The van der Waals surface area contributed by atoms with Crippen molar-refractivity contribution in [3.8, 4) is 0 Å². The number of halogens is 1. The van der Waals surface area contributed by atoms with E-state index in [9.17, 15) is 9.59 Å². The fourth-order valence-electron chi connectivity index (χ4n) is 3.72. The minimum absolute atomic E-state index is 0.0299. The van der Waals surface area contributed by atoms with Gasteiger partial charge in [-0.05, 0) is 54.5 Å². The van der Waals surface area contributed by atoms with Crippen LogP contribution in [0.3, 0.4) is 0 Å². The fraction of sp³-hybridized carbons (Fsp3) is 0.185. The van der Waals surface area contributed by atoms with Gasteiger partial charge < -0.3 is 10.2 Å². The molecule has 0 spiro atoms. The first-order valence-electron chi connectivity index (χ1n) is 11.1. The molecule has 0 fully saturated rings. The van der Waals surface area contributed by atoms with Gasteiger partial charge in [0.15, 0.2) is 0 Å². The van der Waals surface area contributed by atoms with Crippen LogP contribution in [0, 0.1) is 0 Å². The topological polar surface area (TPSA) is 52.7 Å². The van der Waals surface area contributed by atoms with Gasteiger partial charge in [0.05, 0.1) is 10.6 Å². The van der Waals surface area contributed by atoms with E-state index in [1.54, 1.807) is 11.0 Å². The number of nitrogens with zero attached hydrogens (tertiary/aromatic N) is 2. The molecule has 5 nitrogen and oxygen atoms in total. The average Bonchev–Trinajstić information content (AvgIpc) is 2.85. The van der Waals surface area contributed by atoms with Gasteiger partial charge in [0.25, 0.3) is 5.91 Å². The third-order valence-corrected chi connectivity index (χ3v) is 6.78. The van der Waals surface area contributed by atoms with E-state index >= 15 is 0 Å². The Morgan fingerprint density at radius 1 is 1.06 bits per heavy atom. The molecule has 174 valence electrons. The minimum atomic E-state index is -0.192. The zero-order valence-electron chi connectivity index (χ0n) is 18.9. The van der Waals surface area contributed by atoms with Crippen LogP contribution in [0.15, 0.2) is 88.7 Å². The summed E-state index contributed by atoms with van der Waals surface area (Å²) in [5.41, 5.74) is 2.73. The van der Waals surface area contributed by atoms with Crippen LogP contribution < -0.4 is 15.1 Å². The molecular formula is C27H26ClN3O2S. The molecule has 1 aliphatic rings. The van der Waals surface area contributed by atoms with Crippen LogP contribution in [0.4, 0.5) is 11.4 Å². The van der Waals surface area contributed by atoms with E-state index in [0.29, 0.717) is 16.5 Å². The predicted molar refractivity (Wildman–Crippen MR) is 141 cm³/mol. The van der Waals surface area contributed by atoms with Gasteiger partial charge in [0.1, 0.15) is 6.54 Å². The summed E-state index contributed by atoms with van der Waals surface area (Å²) >= 11 is 7.51. The van der Waals surface area contributed by atoms with E-state index in [2.05, 4.69) is 22.3 Å². The molecule has 0 radical (unpaired) electrons. The zero-order valence-corrected chi connectivity index (χ0v) is 20.5. The van der Waals surface area contributed by atoms with Crippen LogP contribution >= 0.6 is 23.4 Å². The molecule has 34 heavy (non-hydrogen) atoms. The molecule has 3 aromatic carbocycles. The summed E-state index contributed by atoms with van der Waals surface area (Å²) in [6.07, 6.45) is 2.62. The monoisotopic (exact) mass is 491 g/mol. The first-order valence-corrected chi connectivity index (χ1v) is 12.3. The number of hydrogen-bond acceptors (Lipinski definition) is 4. The summed E-state index contributed by atoms with van der Waals surface area (Å²) < 4.78 is 0. The van der Waals surface area contributed by atoms with Gasteiger partial charge in [-0.1, -0.05) is 65.8 Å². The second-order valence-corrected chi connectivity index (χ2v) is 9.51. The van der Waals surface area contributed by atoms with Gasteiger partial charge in [-0.3, -0.25) is 14.5 Å². The standard InChI is InChI=1S/C27H26ClN3O2S/c1-30(22-11-3-2-4-12-22)16-8-15-29-26(32)19-31-23-13-5-6-14-24(23)34-25(27(31)33)18-20-9-7-10-21(28)17-20/h2-7,9-14,17-18H,8,15-16,19H2,1H3,(H,29,32)/b25-18-. The van der Waals surface area contributed by atoms with Gasteiger partial charge in [0, 0.05) is 35.7 Å². The number of fused-ring (bicyclic) bond motifs is 1. The Hall–Kier alpha value is -3.22. The van der Waals surface area contributed by atoms with Gasteiger partial charge >= 0.3 is 0 Å². The van der Waals surface area contributed by atoms with E-state index in [1.165, 1.54) is 11.8 Å². The molecular weight excluding hydrogens is 466 g/mol. The predicted octanol–water partition coefficient (Wildman–Crippen LogP) is 5.46. The molecule has 0 saturated heterocycles.